The van der Waals surface area contributed by atoms with Gasteiger partial charge in [0, 0.05) is 24.0 Å². The second-order valence-electron chi connectivity index (χ2n) is 8.30. The first-order valence-electron chi connectivity index (χ1n) is 11.2. The number of thiol groups is 1. The molecule has 4 N–H and O–H groups in total. The minimum atomic E-state index is -0.827. The van der Waals surface area contributed by atoms with Crippen LogP contribution in [0.2, 0.25) is 0 Å². The van der Waals surface area contributed by atoms with Crippen molar-refractivity contribution >= 4 is 36.1 Å². The summed E-state index contributed by atoms with van der Waals surface area (Å²) in [7, 11) is 0. The number of hydrogen-bond acceptors (Lipinski definition) is 7. The van der Waals surface area contributed by atoms with Gasteiger partial charge < -0.3 is 21.1 Å². The zero-order valence-electron chi connectivity index (χ0n) is 19.1. The summed E-state index contributed by atoms with van der Waals surface area (Å²) in [6.45, 7) is 6.48. The Kier molecular flexibility index (Phi) is 10.5. The van der Waals surface area contributed by atoms with E-state index in [9.17, 15) is 14.4 Å². The van der Waals surface area contributed by atoms with Crippen LogP contribution in [0.4, 0.5) is 5.69 Å². The van der Waals surface area contributed by atoms with Gasteiger partial charge in [-0.15, -0.1) is 0 Å². The zero-order valence-corrected chi connectivity index (χ0v) is 20.0. The van der Waals surface area contributed by atoms with Gasteiger partial charge in [-0.2, -0.15) is 12.6 Å². The number of esters is 1. The van der Waals surface area contributed by atoms with Crippen molar-refractivity contribution in [3.8, 4) is 0 Å². The first kappa shape index (κ1) is 26.2. The lowest BCUT2D eigenvalue weighted by Crippen LogP contribution is -2.59. The molecule has 32 heavy (non-hydrogen) atoms. The summed E-state index contributed by atoms with van der Waals surface area (Å²) >= 11 is 4.22. The molecule has 1 heterocycles. The van der Waals surface area contributed by atoms with Gasteiger partial charge in [0.25, 0.3) is 0 Å². The number of ether oxygens (including phenoxy) is 1. The highest BCUT2D eigenvalue weighted by Gasteiger charge is 2.36. The Morgan fingerprint density at radius 2 is 1.97 bits per heavy atom. The Morgan fingerprint density at radius 1 is 1.28 bits per heavy atom. The van der Waals surface area contributed by atoms with Crippen molar-refractivity contribution in [1.29, 1.82) is 0 Å². The van der Waals surface area contributed by atoms with E-state index in [2.05, 4.69) is 23.3 Å². The van der Waals surface area contributed by atoms with Crippen LogP contribution in [0, 0.1) is 5.92 Å². The lowest BCUT2D eigenvalue weighted by molar-refractivity contribution is -0.151. The van der Waals surface area contributed by atoms with Crippen LogP contribution in [0.5, 0.6) is 0 Å². The molecule has 1 aromatic rings. The van der Waals surface area contributed by atoms with E-state index in [1.165, 1.54) is 4.90 Å². The van der Waals surface area contributed by atoms with Gasteiger partial charge >= 0.3 is 5.97 Å². The molecule has 1 aliphatic heterocycles. The normalized spacial score (nSPS) is 19.9. The van der Waals surface area contributed by atoms with Crippen molar-refractivity contribution in [3.63, 3.8) is 0 Å². The number of benzene rings is 1. The van der Waals surface area contributed by atoms with Crippen molar-refractivity contribution in [3.05, 3.63) is 30.3 Å². The predicted molar refractivity (Wildman–Crippen MR) is 129 cm³/mol. The second kappa shape index (κ2) is 12.8. The maximum Gasteiger partial charge on any atom is 0.328 e. The van der Waals surface area contributed by atoms with Gasteiger partial charge in [-0.25, -0.2) is 4.79 Å². The third-order valence-corrected chi connectivity index (χ3v) is 6.30. The number of anilines is 1. The third-order valence-electron chi connectivity index (χ3n) is 5.83. The second-order valence-corrected chi connectivity index (χ2v) is 8.67. The van der Waals surface area contributed by atoms with E-state index in [1.54, 1.807) is 19.1 Å². The molecule has 1 aliphatic rings. The molecule has 8 nitrogen and oxygen atoms in total. The first-order chi connectivity index (χ1) is 15.3. The number of rotatable bonds is 11. The Bertz CT molecular complexity index is 764. The molecule has 178 valence electrons. The van der Waals surface area contributed by atoms with Crippen LogP contribution in [0.3, 0.4) is 0 Å². The maximum atomic E-state index is 13.8. The van der Waals surface area contributed by atoms with Crippen LogP contribution in [0.1, 0.15) is 40.0 Å². The number of carbonyl (C=O) groups excluding carboxylic acids is 3. The molecule has 1 fully saturated rings. The van der Waals surface area contributed by atoms with Gasteiger partial charge in [-0.1, -0.05) is 38.5 Å². The molecule has 0 radical (unpaired) electrons. The molecule has 5 atom stereocenters. The van der Waals surface area contributed by atoms with Crippen LogP contribution >= 0.6 is 12.6 Å². The van der Waals surface area contributed by atoms with Crippen molar-refractivity contribution in [2.24, 2.45) is 11.7 Å². The largest absolute Gasteiger partial charge is 0.464 e. The molecular formula is C23H36N4O4S. The van der Waals surface area contributed by atoms with E-state index in [0.717, 1.165) is 6.42 Å². The molecule has 0 aromatic heterocycles. The van der Waals surface area contributed by atoms with Crippen molar-refractivity contribution in [2.45, 2.75) is 64.2 Å². The summed E-state index contributed by atoms with van der Waals surface area (Å²) in [5.74, 6) is -0.543. The SMILES string of the molecule is CC[C@H](C)[C@H](NC[C@@H](N)CS)C(=O)N(c1ccccc1)[C@@H](C)C(=O)N[C@H]1CCCOC1=O. The number of nitrogens with one attached hydrogen (secondary N) is 2. The molecule has 1 aromatic carbocycles. The topological polar surface area (TPSA) is 114 Å². The highest BCUT2D eigenvalue weighted by atomic mass is 32.1. The molecule has 0 saturated carbocycles. The number of para-hydroxylation sites is 1. The fourth-order valence-corrected chi connectivity index (χ4v) is 3.74. The zero-order chi connectivity index (χ0) is 23.7. The maximum absolute atomic E-state index is 13.8. The van der Waals surface area contributed by atoms with E-state index in [1.807, 2.05) is 32.0 Å². The lowest BCUT2D eigenvalue weighted by Gasteiger charge is -2.35. The van der Waals surface area contributed by atoms with Crippen LogP contribution in [-0.2, 0) is 19.1 Å². The summed E-state index contributed by atoms with van der Waals surface area (Å²) in [6, 6.07) is 6.85. The minimum Gasteiger partial charge on any atom is -0.464 e. The average molecular weight is 465 g/mol. The summed E-state index contributed by atoms with van der Waals surface area (Å²) in [5, 5.41) is 6.04. The molecule has 2 rings (SSSR count). The number of cyclic esters (lactones) is 1. The summed E-state index contributed by atoms with van der Waals surface area (Å²) in [6.07, 6.45) is 1.99. The molecule has 1 saturated heterocycles. The third kappa shape index (κ3) is 6.95. The van der Waals surface area contributed by atoms with Gasteiger partial charge in [-0.3, -0.25) is 14.5 Å². The number of carbonyl (C=O) groups is 3. The highest BCUT2D eigenvalue weighted by Crippen LogP contribution is 2.22. The predicted octanol–water partition coefficient (Wildman–Crippen LogP) is 1.49. The number of amides is 2. The highest BCUT2D eigenvalue weighted by molar-refractivity contribution is 7.80. The van der Waals surface area contributed by atoms with Crippen molar-refractivity contribution in [1.82, 2.24) is 10.6 Å². The van der Waals surface area contributed by atoms with E-state index in [4.69, 9.17) is 10.5 Å². The van der Waals surface area contributed by atoms with E-state index in [-0.39, 0.29) is 17.9 Å². The number of nitrogens with two attached hydrogens (primary N) is 1. The Balaban J connectivity index is 2.28. The molecule has 0 unspecified atom stereocenters. The Hall–Kier alpha value is -2.10. The molecule has 9 heteroatoms. The summed E-state index contributed by atoms with van der Waals surface area (Å²) < 4.78 is 5.05. The molecular weight excluding hydrogens is 428 g/mol. The van der Waals surface area contributed by atoms with E-state index < -0.39 is 30.0 Å². The Morgan fingerprint density at radius 3 is 2.56 bits per heavy atom. The van der Waals surface area contributed by atoms with Crippen molar-refractivity contribution in [2.75, 3.05) is 23.8 Å². The summed E-state index contributed by atoms with van der Waals surface area (Å²) in [5.41, 5.74) is 6.61. The van der Waals surface area contributed by atoms with Crippen molar-refractivity contribution < 1.29 is 19.1 Å². The first-order valence-corrected chi connectivity index (χ1v) is 11.9. The monoisotopic (exact) mass is 464 g/mol. The van der Waals surface area contributed by atoms with Gasteiger partial charge in [0.2, 0.25) is 11.8 Å². The van der Waals surface area contributed by atoms with Gasteiger partial charge in [0.15, 0.2) is 0 Å². The fraction of sp³-hybridized carbons (Fsp3) is 0.609. The number of nitrogens with zero attached hydrogens (tertiary/aromatic N) is 1. The van der Waals surface area contributed by atoms with E-state index >= 15 is 0 Å². The van der Waals surface area contributed by atoms with Gasteiger partial charge in [0.05, 0.1) is 12.6 Å². The molecule has 0 spiro atoms. The molecule has 0 bridgehead atoms. The molecule has 0 aliphatic carbocycles. The van der Waals surface area contributed by atoms with Crippen LogP contribution in [-0.4, -0.2) is 60.9 Å². The lowest BCUT2D eigenvalue weighted by atomic mass is 9.96. The fourth-order valence-electron chi connectivity index (χ4n) is 3.61. The standard InChI is InChI=1S/C23H36N4O4S/c1-4-15(2)20(25-13-17(24)14-32)22(29)27(18-9-6-5-7-10-18)16(3)21(28)26-19-11-8-12-31-23(19)30/h5-7,9-10,15-17,19-20,25,32H,4,8,11-14,24H2,1-3H3,(H,26,28)/t15-,16-,17+,19-,20-/m0/s1. The average Bonchev–Trinajstić information content (AvgIpc) is 2.80. The van der Waals surface area contributed by atoms with Crippen LogP contribution in [0.15, 0.2) is 30.3 Å². The van der Waals surface area contributed by atoms with E-state index in [0.29, 0.717) is 37.4 Å². The number of hydrogen-bond donors (Lipinski definition) is 4. The summed E-state index contributed by atoms with van der Waals surface area (Å²) in [4.78, 5) is 40.4. The quantitative estimate of drug-likeness (QED) is 0.292. The van der Waals surface area contributed by atoms with Crippen LogP contribution < -0.4 is 21.3 Å². The molecule has 2 amide bonds. The van der Waals surface area contributed by atoms with Gasteiger partial charge in [-0.05, 0) is 37.8 Å². The van der Waals surface area contributed by atoms with Crippen LogP contribution in [0.25, 0.3) is 0 Å². The smallest absolute Gasteiger partial charge is 0.328 e. The Labute approximate surface area is 196 Å². The minimum absolute atomic E-state index is 0.0180. The van der Waals surface area contributed by atoms with Gasteiger partial charge in [0.1, 0.15) is 12.1 Å².